The molecule has 0 spiro atoms. The number of carbonyl (C=O) groups excluding carboxylic acids is 2. The summed E-state index contributed by atoms with van der Waals surface area (Å²) in [5, 5.41) is 3.01. The fraction of sp³-hybridized carbons (Fsp3) is 0.746. The van der Waals surface area contributed by atoms with Crippen LogP contribution < -0.4 is 10.2 Å². The van der Waals surface area contributed by atoms with Gasteiger partial charge in [0.2, 0.25) is 5.91 Å². The topological polar surface area (TPSA) is 114 Å². The summed E-state index contributed by atoms with van der Waals surface area (Å²) in [4.78, 5) is 39.9. The van der Waals surface area contributed by atoms with Gasteiger partial charge >= 0.3 is 5.97 Å². The van der Waals surface area contributed by atoms with Crippen molar-refractivity contribution in [1.29, 1.82) is 0 Å². The Morgan fingerprint density at radius 3 is 1.33 bits per heavy atom. The predicted molar refractivity (Wildman–Crippen MR) is 311 cm³/mol. The van der Waals surface area contributed by atoms with Gasteiger partial charge in [-0.15, -0.1) is 0 Å². The van der Waals surface area contributed by atoms with Crippen molar-refractivity contribution in [2.45, 2.75) is 264 Å². The number of esters is 1. The van der Waals surface area contributed by atoms with Gasteiger partial charge in [0.15, 0.2) is 0 Å². The maximum absolute atomic E-state index is 13.5. The van der Waals surface area contributed by atoms with Crippen LogP contribution in [-0.2, 0) is 27.9 Å². The number of quaternary nitrogens is 1. The lowest BCUT2D eigenvalue weighted by Gasteiger charge is -2.30. The summed E-state index contributed by atoms with van der Waals surface area (Å²) in [6, 6.07) is -0.907. The van der Waals surface area contributed by atoms with Gasteiger partial charge in [-0.25, -0.2) is 0 Å². The molecule has 0 saturated carbocycles. The molecular weight excluding hydrogens is 928 g/mol. The molecule has 1 amide bonds. The van der Waals surface area contributed by atoms with Crippen molar-refractivity contribution in [2.24, 2.45) is 0 Å². The molecule has 3 atom stereocenters. The second-order valence-electron chi connectivity index (χ2n) is 21.1. The number of carbonyl (C=O) groups is 2. The Kier molecular flexibility index (Phi) is 50.6. The van der Waals surface area contributed by atoms with Gasteiger partial charge in [-0.2, -0.15) is 0 Å². The number of amides is 1. The number of ether oxygens (including phenoxy) is 1. The molecule has 0 fully saturated rings. The van der Waals surface area contributed by atoms with Crippen LogP contribution in [-0.4, -0.2) is 69.4 Å². The Labute approximate surface area is 450 Å². The zero-order valence-corrected chi connectivity index (χ0v) is 49.0. The minimum atomic E-state index is -4.71. The molecule has 3 unspecified atom stereocenters. The molecule has 9 nitrogen and oxygen atoms in total. The van der Waals surface area contributed by atoms with Crippen molar-refractivity contribution >= 4 is 19.7 Å². The Bertz CT molecular complexity index is 1530. The Morgan fingerprint density at radius 1 is 0.493 bits per heavy atom. The Hall–Kier alpha value is -2.81. The van der Waals surface area contributed by atoms with E-state index in [0.29, 0.717) is 23.9 Å². The minimum absolute atomic E-state index is 0.0316. The predicted octanol–water partition coefficient (Wildman–Crippen LogP) is 17.6. The van der Waals surface area contributed by atoms with E-state index in [9.17, 15) is 19.0 Å². The zero-order chi connectivity index (χ0) is 53.6. The van der Waals surface area contributed by atoms with E-state index >= 15 is 0 Å². The standard InChI is InChI=1S/C63H113N2O7P/c1-7-10-13-16-19-22-25-27-29-30-31-32-33-34-36-38-41-44-47-50-53-56-63(67)72-61(54-51-48-45-42-39-24-21-18-15-12-9-3)60(59-71-73(68,69)70-58-57-65(4,5)6)64-62(66)55-52-49-46-43-40-37-35-28-26-23-20-17-14-11-8-2/h10,13,19,22,27,29,31-32,34,36,41,44,51,54,60-61H,7-9,11-12,14-18,20-21,23-26,28,30,33,35,37-40,42-43,45-50,52-53,55-59H2,1-6H3,(H-,64,66,68,69)/b13-10-,22-19-,29-27-,32-31-,36-34-,44-41-,54-51+. The van der Waals surface area contributed by atoms with Crippen LogP contribution in [0.4, 0.5) is 0 Å². The molecule has 10 heteroatoms. The second kappa shape index (κ2) is 52.6. The number of phosphoric ester groups is 1. The fourth-order valence-corrected chi connectivity index (χ4v) is 8.95. The highest BCUT2D eigenvalue weighted by molar-refractivity contribution is 7.45. The Balaban J connectivity index is 5.34. The third kappa shape index (κ3) is 53.8. The SMILES string of the molecule is CC/C=C\C/C=C\C/C=C\C/C=C\C/C=C\C/C=C\CCCCC(=O)OC(/C=C/CCCCCCCCCCC)C(COP(=O)([O-])OCC[N+](C)(C)C)NC(=O)CCCCCCCCCCCCCCCCC. The third-order valence-electron chi connectivity index (χ3n) is 12.8. The highest BCUT2D eigenvalue weighted by atomic mass is 31.2. The maximum atomic E-state index is 13.5. The first-order valence-electron chi connectivity index (χ1n) is 29.9. The van der Waals surface area contributed by atoms with Crippen molar-refractivity contribution in [3.8, 4) is 0 Å². The van der Waals surface area contributed by atoms with Crippen molar-refractivity contribution in [2.75, 3.05) is 40.9 Å². The molecule has 0 saturated heterocycles. The van der Waals surface area contributed by atoms with Crippen LogP contribution in [0.3, 0.4) is 0 Å². The number of nitrogens with zero attached hydrogens (tertiary/aromatic N) is 1. The number of unbranched alkanes of at least 4 members (excludes halogenated alkanes) is 25. The lowest BCUT2D eigenvalue weighted by molar-refractivity contribution is -0.870. The summed E-state index contributed by atoms with van der Waals surface area (Å²) in [6.45, 7) is 6.69. The first-order chi connectivity index (χ1) is 35.4. The number of hydrogen-bond donors (Lipinski definition) is 1. The molecule has 0 rings (SSSR count). The largest absolute Gasteiger partial charge is 0.756 e. The molecule has 0 aromatic carbocycles. The van der Waals surface area contributed by atoms with E-state index in [2.05, 4.69) is 99.0 Å². The van der Waals surface area contributed by atoms with Crippen molar-refractivity contribution < 1.29 is 37.3 Å². The van der Waals surface area contributed by atoms with E-state index in [1.54, 1.807) is 0 Å². The number of nitrogens with one attached hydrogen (secondary N) is 1. The highest BCUT2D eigenvalue weighted by Crippen LogP contribution is 2.38. The molecular formula is C63H113N2O7P. The molecule has 0 heterocycles. The maximum Gasteiger partial charge on any atom is 0.306 e. The molecule has 0 aromatic heterocycles. The molecule has 422 valence electrons. The molecule has 0 aliphatic rings. The van der Waals surface area contributed by atoms with E-state index in [1.807, 2.05) is 33.3 Å². The van der Waals surface area contributed by atoms with Crippen LogP contribution in [0.5, 0.6) is 0 Å². The third-order valence-corrected chi connectivity index (χ3v) is 13.8. The molecule has 0 aliphatic heterocycles. The highest BCUT2D eigenvalue weighted by Gasteiger charge is 2.27. The lowest BCUT2D eigenvalue weighted by Crippen LogP contribution is -2.47. The monoisotopic (exact) mass is 1040 g/mol. The number of hydrogen-bond acceptors (Lipinski definition) is 7. The van der Waals surface area contributed by atoms with Gasteiger partial charge in [0.25, 0.3) is 7.82 Å². The number of allylic oxidation sites excluding steroid dienone is 13. The molecule has 73 heavy (non-hydrogen) atoms. The molecule has 0 bridgehead atoms. The van der Waals surface area contributed by atoms with Crippen molar-refractivity contribution in [1.82, 2.24) is 5.32 Å². The van der Waals surface area contributed by atoms with E-state index in [-0.39, 0.29) is 24.9 Å². The molecule has 0 radical (unpaired) electrons. The van der Waals surface area contributed by atoms with E-state index in [0.717, 1.165) is 89.9 Å². The van der Waals surface area contributed by atoms with E-state index in [4.69, 9.17) is 13.8 Å². The number of likely N-dealkylation sites (N-methyl/N-ethyl adjacent to an activating group) is 1. The summed E-state index contributed by atoms with van der Waals surface area (Å²) < 4.78 is 30.2. The van der Waals surface area contributed by atoms with Crippen LogP contribution in [0.15, 0.2) is 85.1 Å². The van der Waals surface area contributed by atoms with Gasteiger partial charge in [-0.3, -0.25) is 14.2 Å². The van der Waals surface area contributed by atoms with Crippen LogP contribution in [0, 0.1) is 0 Å². The lowest BCUT2D eigenvalue weighted by atomic mass is 10.0. The number of phosphoric acid groups is 1. The van der Waals surface area contributed by atoms with E-state index in [1.165, 1.54) is 122 Å². The van der Waals surface area contributed by atoms with Gasteiger partial charge < -0.3 is 28.5 Å². The summed E-state index contributed by atoms with van der Waals surface area (Å²) >= 11 is 0. The fourth-order valence-electron chi connectivity index (χ4n) is 8.23. The van der Waals surface area contributed by atoms with Gasteiger partial charge in [0.1, 0.15) is 19.3 Å². The smallest absolute Gasteiger partial charge is 0.306 e. The summed E-state index contributed by atoms with van der Waals surface area (Å²) in [5.41, 5.74) is 0. The Morgan fingerprint density at radius 2 is 0.877 bits per heavy atom. The van der Waals surface area contributed by atoms with Gasteiger partial charge in [0.05, 0.1) is 33.8 Å². The van der Waals surface area contributed by atoms with Crippen molar-refractivity contribution in [3.63, 3.8) is 0 Å². The summed E-state index contributed by atoms with van der Waals surface area (Å²) in [7, 11) is 1.16. The zero-order valence-electron chi connectivity index (χ0n) is 48.1. The average molecular weight is 1040 g/mol. The van der Waals surface area contributed by atoms with Crippen molar-refractivity contribution in [3.05, 3.63) is 85.1 Å². The van der Waals surface area contributed by atoms with Crippen LogP contribution >= 0.6 is 7.82 Å². The quantitative estimate of drug-likeness (QED) is 0.0212. The minimum Gasteiger partial charge on any atom is -0.756 e. The molecule has 1 N–H and O–H groups in total. The average Bonchev–Trinajstić information content (AvgIpc) is 3.35. The normalized spacial score (nSPS) is 14.3. The number of rotatable bonds is 53. The first kappa shape index (κ1) is 70.2. The summed E-state index contributed by atoms with van der Waals surface area (Å²) in [6.07, 6.45) is 68.4. The van der Waals surface area contributed by atoms with Gasteiger partial charge in [-0.05, 0) is 83.1 Å². The van der Waals surface area contributed by atoms with Gasteiger partial charge in [0, 0.05) is 12.8 Å². The van der Waals surface area contributed by atoms with Crippen LogP contribution in [0.2, 0.25) is 0 Å². The van der Waals surface area contributed by atoms with Gasteiger partial charge in [-0.1, -0.05) is 241 Å². The van der Waals surface area contributed by atoms with Crippen LogP contribution in [0.25, 0.3) is 0 Å². The first-order valence-corrected chi connectivity index (χ1v) is 31.4. The molecule has 0 aromatic rings. The summed E-state index contributed by atoms with van der Waals surface area (Å²) in [5.74, 6) is -0.591. The van der Waals surface area contributed by atoms with Crippen LogP contribution in [0.1, 0.15) is 252 Å². The van der Waals surface area contributed by atoms with E-state index < -0.39 is 26.6 Å². The molecule has 0 aliphatic carbocycles. The second-order valence-corrected chi connectivity index (χ2v) is 22.5.